The van der Waals surface area contributed by atoms with Gasteiger partial charge in [-0.1, -0.05) is 47.5 Å². The fourth-order valence-electron chi connectivity index (χ4n) is 1.75. The number of nitrogens with zero attached hydrogens (tertiary/aromatic N) is 1. The van der Waals surface area contributed by atoms with Gasteiger partial charge in [0, 0.05) is 15.6 Å². The number of nitriles is 1. The summed E-state index contributed by atoms with van der Waals surface area (Å²) in [5, 5.41) is 10.2. The van der Waals surface area contributed by atoms with Gasteiger partial charge in [0.05, 0.1) is 6.07 Å². The van der Waals surface area contributed by atoms with Gasteiger partial charge in [0.1, 0.15) is 5.92 Å². The van der Waals surface area contributed by atoms with Gasteiger partial charge in [-0.25, -0.2) is 0 Å². The van der Waals surface area contributed by atoms with Gasteiger partial charge in [0.15, 0.2) is 5.78 Å². The summed E-state index contributed by atoms with van der Waals surface area (Å²) in [7, 11) is 0. The Morgan fingerprint density at radius 1 is 1.05 bits per heavy atom. The molecule has 0 bridgehead atoms. The van der Waals surface area contributed by atoms with Gasteiger partial charge < -0.3 is 0 Å². The van der Waals surface area contributed by atoms with Gasteiger partial charge in [-0.2, -0.15) is 5.26 Å². The van der Waals surface area contributed by atoms with Crippen LogP contribution in [0.15, 0.2) is 48.5 Å². The summed E-state index contributed by atoms with van der Waals surface area (Å²) in [6, 6.07) is 15.3. The number of halogens is 2. The smallest absolute Gasteiger partial charge is 0.184 e. The van der Waals surface area contributed by atoms with Crippen molar-refractivity contribution in [3.63, 3.8) is 0 Å². The van der Waals surface area contributed by atoms with E-state index in [2.05, 4.69) is 0 Å². The molecular formula is C15H9Cl2NO. The Kier molecular flexibility index (Phi) is 4.21. The topological polar surface area (TPSA) is 40.9 Å². The first-order valence-electron chi connectivity index (χ1n) is 5.56. The average molecular weight is 290 g/mol. The van der Waals surface area contributed by atoms with Crippen molar-refractivity contribution < 1.29 is 4.79 Å². The Morgan fingerprint density at radius 3 is 2.32 bits per heavy atom. The Balaban J connectivity index is 2.35. The number of carbonyl (C=O) groups excluding carboxylic acids is 1. The van der Waals surface area contributed by atoms with Crippen LogP contribution < -0.4 is 0 Å². The summed E-state index contributed by atoms with van der Waals surface area (Å²) in [5.41, 5.74) is 1.05. The Hall–Kier alpha value is -1.82. The van der Waals surface area contributed by atoms with E-state index in [1.165, 1.54) is 0 Å². The van der Waals surface area contributed by atoms with E-state index in [9.17, 15) is 10.1 Å². The molecule has 2 aromatic rings. The zero-order valence-corrected chi connectivity index (χ0v) is 11.3. The molecule has 2 nitrogen and oxygen atoms in total. The van der Waals surface area contributed by atoms with Gasteiger partial charge in [0.25, 0.3) is 0 Å². The molecular weight excluding hydrogens is 281 g/mol. The normalized spacial score (nSPS) is 11.6. The number of rotatable bonds is 3. The molecule has 0 fully saturated rings. The third-order valence-corrected chi connectivity index (χ3v) is 3.19. The molecule has 2 rings (SSSR count). The average Bonchev–Trinajstić information content (AvgIpc) is 2.41. The van der Waals surface area contributed by atoms with Gasteiger partial charge in [-0.15, -0.1) is 0 Å². The highest BCUT2D eigenvalue weighted by Gasteiger charge is 2.21. The van der Waals surface area contributed by atoms with Crippen LogP contribution in [0.25, 0.3) is 0 Å². The number of benzene rings is 2. The molecule has 0 aromatic heterocycles. The molecule has 0 spiro atoms. The fraction of sp³-hybridized carbons (Fsp3) is 0.0667. The van der Waals surface area contributed by atoms with Crippen molar-refractivity contribution in [2.24, 2.45) is 0 Å². The van der Waals surface area contributed by atoms with E-state index in [1.54, 1.807) is 48.5 Å². The third kappa shape index (κ3) is 3.14. The highest BCUT2D eigenvalue weighted by atomic mass is 35.5. The van der Waals surface area contributed by atoms with E-state index < -0.39 is 5.92 Å². The first-order chi connectivity index (χ1) is 9.11. The summed E-state index contributed by atoms with van der Waals surface area (Å²) in [4.78, 5) is 12.3. The van der Waals surface area contributed by atoms with E-state index in [4.69, 9.17) is 23.2 Å². The van der Waals surface area contributed by atoms with Gasteiger partial charge in [-0.3, -0.25) is 4.79 Å². The minimum atomic E-state index is -0.851. The Morgan fingerprint density at radius 2 is 1.74 bits per heavy atom. The van der Waals surface area contributed by atoms with Crippen LogP contribution in [0.2, 0.25) is 10.0 Å². The second-order valence-corrected chi connectivity index (χ2v) is 4.86. The highest BCUT2D eigenvalue weighted by molar-refractivity contribution is 6.31. The summed E-state index contributed by atoms with van der Waals surface area (Å²) < 4.78 is 0. The molecule has 4 heteroatoms. The second-order valence-electron chi connectivity index (χ2n) is 3.99. The lowest BCUT2D eigenvalue weighted by Gasteiger charge is -2.09. The molecule has 0 aliphatic rings. The molecule has 94 valence electrons. The first-order valence-corrected chi connectivity index (χ1v) is 6.32. The van der Waals surface area contributed by atoms with Crippen LogP contribution in [0, 0.1) is 11.3 Å². The predicted molar refractivity (Wildman–Crippen MR) is 75.6 cm³/mol. The minimum absolute atomic E-state index is 0.271. The molecule has 0 saturated heterocycles. The summed E-state index contributed by atoms with van der Waals surface area (Å²) in [5.74, 6) is -1.12. The third-order valence-electron chi connectivity index (χ3n) is 2.70. The molecule has 0 N–H and O–H groups in total. The molecule has 0 heterocycles. The number of hydrogen-bond acceptors (Lipinski definition) is 2. The zero-order chi connectivity index (χ0) is 13.8. The van der Waals surface area contributed by atoms with Gasteiger partial charge >= 0.3 is 0 Å². The van der Waals surface area contributed by atoms with E-state index in [0.29, 0.717) is 21.2 Å². The summed E-state index contributed by atoms with van der Waals surface area (Å²) >= 11 is 11.6. The highest BCUT2D eigenvalue weighted by Crippen LogP contribution is 2.23. The maximum absolute atomic E-state index is 12.3. The van der Waals surface area contributed by atoms with Crippen molar-refractivity contribution in [3.05, 3.63) is 69.7 Å². The number of hydrogen-bond donors (Lipinski definition) is 0. The number of Topliss-reactive ketones (excluding diaryl/α,β-unsaturated/α-hetero) is 1. The van der Waals surface area contributed by atoms with Crippen LogP contribution in [-0.2, 0) is 0 Å². The lowest BCUT2D eigenvalue weighted by atomic mass is 9.92. The van der Waals surface area contributed by atoms with Crippen molar-refractivity contribution in [1.29, 1.82) is 5.26 Å². The van der Waals surface area contributed by atoms with Crippen molar-refractivity contribution >= 4 is 29.0 Å². The summed E-state index contributed by atoms with van der Waals surface area (Å²) in [6.45, 7) is 0. The van der Waals surface area contributed by atoms with Crippen LogP contribution in [0.3, 0.4) is 0 Å². The molecule has 0 aliphatic heterocycles. The van der Waals surface area contributed by atoms with E-state index in [0.717, 1.165) is 0 Å². The largest absolute Gasteiger partial charge is 0.292 e. The van der Waals surface area contributed by atoms with Crippen LogP contribution in [0.5, 0.6) is 0 Å². The maximum atomic E-state index is 12.3. The van der Waals surface area contributed by atoms with Crippen LogP contribution >= 0.6 is 23.2 Å². The minimum Gasteiger partial charge on any atom is -0.292 e. The lowest BCUT2D eigenvalue weighted by Crippen LogP contribution is -2.11. The lowest BCUT2D eigenvalue weighted by molar-refractivity contribution is 0.0979. The fourth-order valence-corrected chi connectivity index (χ4v) is 2.06. The Labute approximate surface area is 121 Å². The standard InChI is InChI=1S/C15H9Cl2NO/c16-12-6-4-10(5-7-12)14(9-18)15(19)11-2-1-3-13(17)8-11/h1-8,14H. The van der Waals surface area contributed by atoms with E-state index in [-0.39, 0.29) is 5.78 Å². The maximum Gasteiger partial charge on any atom is 0.184 e. The van der Waals surface area contributed by atoms with Crippen LogP contribution in [0.1, 0.15) is 21.8 Å². The molecule has 0 radical (unpaired) electrons. The quantitative estimate of drug-likeness (QED) is 0.782. The predicted octanol–water partition coefficient (Wildman–Crippen LogP) is 4.48. The van der Waals surface area contributed by atoms with Crippen molar-refractivity contribution in [1.82, 2.24) is 0 Å². The van der Waals surface area contributed by atoms with Crippen LogP contribution in [-0.4, -0.2) is 5.78 Å². The molecule has 19 heavy (non-hydrogen) atoms. The van der Waals surface area contributed by atoms with E-state index in [1.807, 2.05) is 6.07 Å². The molecule has 0 aliphatic carbocycles. The second kappa shape index (κ2) is 5.88. The molecule has 1 atom stereocenters. The van der Waals surface area contributed by atoms with Crippen LogP contribution in [0.4, 0.5) is 0 Å². The molecule has 0 saturated carbocycles. The first kappa shape index (κ1) is 13.6. The molecule has 0 amide bonds. The monoisotopic (exact) mass is 289 g/mol. The van der Waals surface area contributed by atoms with Crippen molar-refractivity contribution in [3.8, 4) is 6.07 Å². The molecule has 2 aromatic carbocycles. The van der Waals surface area contributed by atoms with Gasteiger partial charge in [0.2, 0.25) is 0 Å². The van der Waals surface area contributed by atoms with E-state index >= 15 is 0 Å². The SMILES string of the molecule is N#CC(C(=O)c1cccc(Cl)c1)c1ccc(Cl)cc1. The van der Waals surface area contributed by atoms with Crippen molar-refractivity contribution in [2.75, 3.05) is 0 Å². The van der Waals surface area contributed by atoms with Crippen molar-refractivity contribution in [2.45, 2.75) is 5.92 Å². The number of carbonyl (C=O) groups is 1. The zero-order valence-electron chi connectivity index (χ0n) is 9.81. The Bertz CT molecular complexity index is 644. The summed E-state index contributed by atoms with van der Waals surface area (Å²) in [6.07, 6.45) is 0. The number of ketones is 1. The van der Waals surface area contributed by atoms with Gasteiger partial charge in [-0.05, 0) is 29.8 Å². The molecule has 1 unspecified atom stereocenters.